The van der Waals surface area contributed by atoms with E-state index < -0.39 is 0 Å². The highest BCUT2D eigenvalue weighted by Crippen LogP contribution is 2.48. The fraction of sp³-hybridized carbons (Fsp3) is 0.103. The summed E-state index contributed by atoms with van der Waals surface area (Å²) in [6.07, 6.45) is 6.48. The number of thiophene rings is 1. The topological polar surface area (TPSA) is 8.17 Å². The summed E-state index contributed by atoms with van der Waals surface area (Å²) in [6.45, 7) is 0. The van der Waals surface area contributed by atoms with Gasteiger partial charge in [-0.3, -0.25) is 0 Å². The SMILES string of the molecule is c1ccc(-n2c3ccccc3c3ccc(N(c4cccc(-c5cccc6sc7ccccc7c56)c4)c4ccccc4-c4cccc5cccc(C6CCCCC6)c45)cc32)cc1. The molecule has 9 aromatic carbocycles. The standard InChI is InChI=1S/C58H44N2S/c1-3-17-39(18-4-1)45-28-14-19-40-20-15-30-50(57(40)45)48-26-8-10-31-52(48)59(43-24-13-21-41(37-43)46-29-16-34-56-58(46)51-27-9-12-33-55(51)61-56)44-35-36-49-47-25-7-11-32-53(47)60(54(49)38-44)42-22-5-2-6-23-42/h2,5-16,19-39H,1,3-4,17-18H2. The zero-order valence-corrected chi connectivity index (χ0v) is 34.8. The third-order valence-electron chi connectivity index (χ3n) is 13.2. The molecule has 0 spiro atoms. The average Bonchev–Trinajstić information content (AvgIpc) is 3.88. The van der Waals surface area contributed by atoms with Crippen LogP contribution in [0.15, 0.2) is 200 Å². The first-order valence-corrected chi connectivity index (χ1v) is 22.6. The Balaban J connectivity index is 1.12. The van der Waals surface area contributed by atoms with Gasteiger partial charge >= 0.3 is 0 Å². The number of benzene rings is 9. The molecule has 0 unspecified atom stereocenters. The smallest absolute Gasteiger partial charge is 0.0561 e. The third kappa shape index (κ3) is 6.06. The summed E-state index contributed by atoms with van der Waals surface area (Å²) in [7, 11) is 0. The van der Waals surface area contributed by atoms with Gasteiger partial charge in [0.05, 0.1) is 16.7 Å². The number of fused-ring (bicyclic) bond motifs is 7. The summed E-state index contributed by atoms with van der Waals surface area (Å²) in [5.74, 6) is 0.580. The van der Waals surface area contributed by atoms with E-state index in [4.69, 9.17) is 0 Å². The Bertz CT molecular complexity index is 3420. The van der Waals surface area contributed by atoms with Crippen molar-refractivity contribution in [3.63, 3.8) is 0 Å². The van der Waals surface area contributed by atoms with E-state index in [-0.39, 0.29) is 0 Å². The molecule has 1 fully saturated rings. The normalized spacial score (nSPS) is 13.5. The predicted octanol–water partition coefficient (Wildman–Crippen LogP) is 17.2. The van der Waals surface area contributed by atoms with Crippen LogP contribution in [0.5, 0.6) is 0 Å². The van der Waals surface area contributed by atoms with Gasteiger partial charge in [0.25, 0.3) is 0 Å². The number of rotatable bonds is 7. The van der Waals surface area contributed by atoms with E-state index in [2.05, 4.69) is 210 Å². The molecule has 0 N–H and O–H groups in total. The van der Waals surface area contributed by atoms with Gasteiger partial charge in [0.2, 0.25) is 0 Å². The summed E-state index contributed by atoms with van der Waals surface area (Å²) in [5, 5.41) is 7.85. The van der Waals surface area contributed by atoms with E-state index in [9.17, 15) is 0 Å². The van der Waals surface area contributed by atoms with Crippen LogP contribution >= 0.6 is 11.3 Å². The zero-order chi connectivity index (χ0) is 40.3. The van der Waals surface area contributed by atoms with Crippen molar-refractivity contribution in [3.8, 4) is 27.9 Å². The number of aromatic nitrogens is 1. The lowest BCUT2D eigenvalue weighted by atomic mass is 9.80. The van der Waals surface area contributed by atoms with E-state index in [0.717, 1.165) is 22.7 Å². The molecule has 0 saturated heterocycles. The Labute approximate surface area is 360 Å². The lowest BCUT2D eigenvalue weighted by molar-refractivity contribution is 0.445. The van der Waals surface area contributed by atoms with Gasteiger partial charge in [-0.1, -0.05) is 159 Å². The number of anilines is 3. The molecule has 2 aromatic heterocycles. The monoisotopic (exact) mass is 800 g/mol. The van der Waals surface area contributed by atoms with Crippen LogP contribution in [-0.4, -0.2) is 4.57 Å². The van der Waals surface area contributed by atoms with Crippen LogP contribution in [-0.2, 0) is 0 Å². The Kier molecular flexibility index (Phi) is 8.82. The molecule has 0 radical (unpaired) electrons. The first kappa shape index (κ1) is 36.0. The Morgan fingerprint density at radius 1 is 0.443 bits per heavy atom. The second kappa shape index (κ2) is 15.0. The van der Waals surface area contributed by atoms with Crippen LogP contribution < -0.4 is 4.90 Å². The molecule has 0 atom stereocenters. The number of hydrogen-bond donors (Lipinski definition) is 0. The van der Waals surface area contributed by atoms with Crippen LogP contribution in [0.1, 0.15) is 43.6 Å². The summed E-state index contributed by atoms with van der Waals surface area (Å²) in [6, 6.07) is 74.5. The minimum Gasteiger partial charge on any atom is -0.310 e. The van der Waals surface area contributed by atoms with E-state index >= 15 is 0 Å². The molecule has 2 heterocycles. The van der Waals surface area contributed by atoms with Crippen molar-refractivity contribution in [2.24, 2.45) is 0 Å². The van der Waals surface area contributed by atoms with Gasteiger partial charge in [0.15, 0.2) is 0 Å². The van der Waals surface area contributed by atoms with Crippen LogP contribution in [0.25, 0.3) is 80.7 Å². The van der Waals surface area contributed by atoms with Crippen LogP contribution in [0.2, 0.25) is 0 Å². The van der Waals surface area contributed by atoms with Gasteiger partial charge in [-0.2, -0.15) is 0 Å². The van der Waals surface area contributed by atoms with E-state index in [1.165, 1.54) is 113 Å². The third-order valence-corrected chi connectivity index (χ3v) is 14.3. The van der Waals surface area contributed by atoms with Crippen LogP contribution in [0, 0.1) is 0 Å². The maximum atomic E-state index is 2.51. The van der Waals surface area contributed by atoms with Crippen molar-refractivity contribution in [1.82, 2.24) is 4.57 Å². The maximum Gasteiger partial charge on any atom is 0.0561 e. The van der Waals surface area contributed by atoms with E-state index in [1.807, 2.05) is 11.3 Å². The van der Waals surface area contributed by atoms with Crippen molar-refractivity contribution in [1.29, 1.82) is 0 Å². The van der Waals surface area contributed by atoms with Crippen LogP contribution in [0.4, 0.5) is 17.1 Å². The second-order valence-corrected chi connectivity index (χ2v) is 17.7. The average molecular weight is 801 g/mol. The highest BCUT2D eigenvalue weighted by atomic mass is 32.1. The Hall–Kier alpha value is -6.94. The Morgan fingerprint density at radius 3 is 2.02 bits per heavy atom. The quantitative estimate of drug-likeness (QED) is 0.156. The Morgan fingerprint density at radius 2 is 1.11 bits per heavy atom. The fourth-order valence-electron chi connectivity index (χ4n) is 10.5. The first-order chi connectivity index (χ1) is 30.3. The zero-order valence-electron chi connectivity index (χ0n) is 34.0. The number of nitrogens with zero attached hydrogens (tertiary/aromatic N) is 2. The van der Waals surface area contributed by atoms with E-state index in [0.29, 0.717) is 5.92 Å². The molecule has 1 aliphatic carbocycles. The number of hydrogen-bond acceptors (Lipinski definition) is 2. The van der Waals surface area contributed by atoms with Gasteiger partial charge in [0, 0.05) is 53.6 Å². The summed E-state index contributed by atoms with van der Waals surface area (Å²) in [5.41, 5.74) is 13.4. The fourth-order valence-corrected chi connectivity index (χ4v) is 11.6. The van der Waals surface area contributed by atoms with Crippen molar-refractivity contribution in [2.45, 2.75) is 38.0 Å². The number of para-hydroxylation sites is 3. The molecule has 1 aliphatic rings. The van der Waals surface area contributed by atoms with Crippen LogP contribution in [0.3, 0.4) is 0 Å². The van der Waals surface area contributed by atoms with Gasteiger partial charge in [-0.25, -0.2) is 0 Å². The van der Waals surface area contributed by atoms with Crippen molar-refractivity contribution in [3.05, 3.63) is 206 Å². The summed E-state index contributed by atoms with van der Waals surface area (Å²) >= 11 is 1.88. The maximum absolute atomic E-state index is 2.51. The minimum absolute atomic E-state index is 0.580. The molecular formula is C58H44N2S. The summed E-state index contributed by atoms with van der Waals surface area (Å²) < 4.78 is 5.06. The highest BCUT2D eigenvalue weighted by molar-refractivity contribution is 7.25. The molecule has 0 aliphatic heterocycles. The van der Waals surface area contributed by atoms with Crippen molar-refractivity contribution in [2.75, 3.05) is 4.90 Å². The molecule has 1 saturated carbocycles. The predicted molar refractivity (Wildman–Crippen MR) is 263 cm³/mol. The van der Waals surface area contributed by atoms with Gasteiger partial charge in [0.1, 0.15) is 0 Å². The molecule has 0 amide bonds. The molecular weight excluding hydrogens is 757 g/mol. The molecule has 2 nitrogen and oxygen atoms in total. The van der Waals surface area contributed by atoms with Crippen molar-refractivity contribution < 1.29 is 0 Å². The second-order valence-electron chi connectivity index (χ2n) is 16.7. The van der Waals surface area contributed by atoms with E-state index in [1.54, 1.807) is 0 Å². The molecule has 12 rings (SSSR count). The molecule has 61 heavy (non-hydrogen) atoms. The van der Waals surface area contributed by atoms with Gasteiger partial charge in [-0.05, 0) is 112 Å². The minimum atomic E-state index is 0.580. The molecule has 3 heteroatoms. The summed E-state index contributed by atoms with van der Waals surface area (Å²) in [4.78, 5) is 2.51. The lowest BCUT2D eigenvalue weighted by Gasteiger charge is -2.29. The molecule has 292 valence electrons. The molecule has 11 aromatic rings. The largest absolute Gasteiger partial charge is 0.310 e. The van der Waals surface area contributed by atoms with Gasteiger partial charge in [-0.15, -0.1) is 11.3 Å². The highest BCUT2D eigenvalue weighted by Gasteiger charge is 2.24. The van der Waals surface area contributed by atoms with Gasteiger partial charge < -0.3 is 9.47 Å². The van der Waals surface area contributed by atoms with Crippen molar-refractivity contribution >= 4 is 81.1 Å². The lowest BCUT2D eigenvalue weighted by Crippen LogP contribution is -2.12. The first-order valence-electron chi connectivity index (χ1n) is 21.8. The molecule has 0 bridgehead atoms.